The number of nitrogens with two attached hydrogens (primary N) is 1. The molecule has 0 aliphatic carbocycles. The molecule has 1 aliphatic heterocycles. The lowest BCUT2D eigenvalue weighted by Gasteiger charge is -2.35. The number of aryl methyl sites for hydroxylation is 1. The van der Waals surface area contributed by atoms with Gasteiger partial charge >= 0.3 is 0 Å². The maximum Gasteiger partial charge on any atom is 0.220 e. The second-order valence-corrected chi connectivity index (χ2v) is 7.44. The fraction of sp³-hybridized carbons (Fsp3) is 0.462. The van der Waals surface area contributed by atoms with Crippen molar-refractivity contribution in [3.05, 3.63) is 29.8 Å². The molecule has 0 aromatic heterocycles. The molecule has 2 N–H and O–H groups in total. The predicted molar refractivity (Wildman–Crippen MR) is 85.5 cm³/mol. The van der Waals surface area contributed by atoms with Gasteiger partial charge in [0.1, 0.15) is 5.75 Å². The normalized spacial score (nSPS) is 17.1. The first-order valence-corrected chi connectivity index (χ1v) is 8.48. The van der Waals surface area contributed by atoms with Crippen LogP contribution in [0.3, 0.4) is 0 Å². The monoisotopic (exact) mass is 313 g/mol. The first-order chi connectivity index (χ1) is 9.38. The molecule has 0 bridgehead atoms. The Labute approximate surface area is 125 Å². The lowest BCUT2D eigenvalue weighted by atomic mass is 10.2. The number of hydrogen-bond acceptors (Lipinski definition) is 4. The molecule has 0 amide bonds. The van der Waals surface area contributed by atoms with Crippen LogP contribution in [0.2, 0.25) is 0 Å². The van der Waals surface area contributed by atoms with Gasteiger partial charge in [-0.15, -0.1) is 0 Å². The summed E-state index contributed by atoms with van der Waals surface area (Å²) in [5, 5.41) is 0. The highest BCUT2D eigenvalue weighted by Crippen LogP contribution is 2.18. The van der Waals surface area contributed by atoms with Crippen molar-refractivity contribution in [1.29, 1.82) is 0 Å². The molecule has 7 heteroatoms. The van der Waals surface area contributed by atoms with Gasteiger partial charge in [0.15, 0.2) is 0 Å². The van der Waals surface area contributed by atoms with Crippen LogP contribution in [0, 0.1) is 6.92 Å². The Kier molecular flexibility index (Phi) is 4.62. The second kappa shape index (κ2) is 6.07. The molecule has 1 fully saturated rings. The lowest BCUT2D eigenvalue weighted by molar-refractivity contribution is 0.387. The van der Waals surface area contributed by atoms with Crippen LogP contribution < -0.4 is 10.6 Å². The smallest absolute Gasteiger partial charge is 0.220 e. The highest BCUT2D eigenvalue weighted by molar-refractivity contribution is 7.92. The molecule has 1 heterocycles. The van der Waals surface area contributed by atoms with Gasteiger partial charge in [-0.05, 0) is 24.6 Å². The third-order valence-corrected chi connectivity index (χ3v) is 5.48. The fourth-order valence-electron chi connectivity index (χ4n) is 2.32. The first kappa shape index (κ1) is 15.2. The van der Waals surface area contributed by atoms with E-state index in [9.17, 15) is 8.42 Å². The molecule has 5 nitrogen and oxygen atoms in total. The Morgan fingerprint density at radius 3 is 2.50 bits per heavy atom. The first-order valence-electron chi connectivity index (χ1n) is 6.46. The van der Waals surface area contributed by atoms with E-state index in [1.807, 2.05) is 25.1 Å². The Balaban J connectivity index is 2.01. The number of hydrogen-bond donors (Lipinski definition) is 1. The van der Waals surface area contributed by atoms with Gasteiger partial charge in [0.2, 0.25) is 10.0 Å². The molecule has 20 heavy (non-hydrogen) atoms. The zero-order valence-corrected chi connectivity index (χ0v) is 13.1. The van der Waals surface area contributed by atoms with Gasteiger partial charge < -0.3 is 10.6 Å². The van der Waals surface area contributed by atoms with E-state index in [0.717, 1.165) is 5.69 Å². The zero-order valence-electron chi connectivity index (χ0n) is 11.4. The second-order valence-electron chi connectivity index (χ2n) is 4.95. The van der Waals surface area contributed by atoms with Crippen LogP contribution in [0.4, 0.5) is 5.69 Å². The average molecular weight is 313 g/mol. The summed E-state index contributed by atoms with van der Waals surface area (Å²) in [7, 11) is -3.36. The SMILES string of the molecule is Cc1cccc(N2CCN(S(=O)(=O)CC(N)=S)CC2)c1. The number of benzene rings is 1. The molecule has 0 unspecified atom stereocenters. The summed E-state index contributed by atoms with van der Waals surface area (Å²) in [4.78, 5) is 2.21. The highest BCUT2D eigenvalue weighted by atomic mass is 32.2. The molecular formula is C13H19N3O2S2. The quantitative estimate of drug-likeness (QED) is 0.830. The van der Waals surface area contributed by atoms with Crippen molar-refractivity contribution in [3.63, 3.8) is 0 Å². The third kappa shape index (κ3) is 3.68. The van der Waals surface area contributed by atoms with Crippen molar-refractivity contribution in [1.82, 2.24) is 4.31 Å². The van der Waals surface area contributed by atoms with Crippen molar-refractivity contribution >= 4 is 32.9 Å². The Morgan fingerprint density at radius 2 is 1.95 bits per heavy atom. The predicted octanol–water partition coefficient (Wildman–Crippen LogP) is 0.733. The Morgan fingerprint density at radius 1 is 1.30 bits per heavy atom. The summed E-state index contributed by atoms with van der Waals surface area (Å²) in [6.07, 6.45) is 0. The summed E-state index contributed by atoms with van der Waals surface area (Å²) in [5.74, 6) is -0.243. The van der Waals surface area contributed by atoms with E-state index in [4.69, 9.17) is 5.73 Å². The van der Waals surface area contributed by atoms with Crippen LogP contribution in [-0.4, -0.2) is 49.6 Å². The molecule has 1 aliphatic rings. The van der Waals surface area contributed by atoms with Crippen molar-refractivity contribution in [2.75, 3.05) is 36.8 Å². The van der Waals surface area contributed by atoms with E-state index in [1.54, 1.807) is 0 Å². The van der Waals surface area contributed by atoms with E-state index in [2.05, 4.69) is 23.2 Å². The number of piperazine rings is 1. The Bertz CT molecular complexity index is 593. The molecule has 2 rings (SSSR count). The van der Waals surface area contributed by atoms with Gasteiger partial charge in [0.05, 0.1) is 4.99 Å². The summed E-state index contributed by atoms with van der Waals surface area (Å²) in [5.41, 5.74) is 7.67. The summed E-state index contributed by atoms with van der Waals surface area (Å²) < 4.78 is 25.5. The standard InChI is InChI=1S/C13H19N3O2S2/c1-11-3-2-4-12(9-11)15-5-7-16(8-6-15)20(17,18)10-13(14)19/h2-4,9H,5-8,10H2,1H3,(H2,14,19). The number of rotatable bonds is 4. The minimum atomic E-state index is -3.36. The van der Waals surface area contributed by atoms with Crippen molar-refractivity contribution in [2.24, 2.45) is 5.73 Å². The maximum atomic E-state index is 12.0. The van der Waals surface area contributed by atoms with Gasteiger partial charge in [0.25, 0.3) is 0 Å². The van der Waals surface area contributed by atoms with Crippen molar-refractivity contribution in [3.8, 4) is 0 Å². The van der Waals surface area contributed by atoms with Gasteiger partial charge in [-0.1, -0.05) is 24.4 Å². The minimum absolute atomic E-state index is 0.0195. The maximum absolute atomic E-state index is 12.0. The van der Waals surface area contributed by atoms with Crippen molar-refractivity contribution in [2.45, 2.75) is 6.92 Å². The van der Waals surface area contributed by atoms with Crippen molar-refractivity contribution < 1.29 is 8.42 Å². The van der Waals surface area contributed by atoms with Gasteiger partial charge in [0, 0.05) is 31.9 Å². The number of thiocarbonyl (C=S) groups is 1. The molecular weight excluding hydrogens is 294 g/mol. The molecule has 0 saturated carbocycles. The fourth-order valence-corrected chi connectivity index (χ4v) is 4.03. The van der Waals surface area contributed by atoms with Crippen LogP contribution in [0.25, 0.3) is 0 Å². The summed E-state index contributed by atoms with van der Waals surface area (Å²) in [6, 6.07) is 8.22. The Hall–Kier alpha value is -1.18. The lowest BCUT2D eigenvalue weighted by Crippen LogP contribution is -2.50. The number of sulfonamides is 1. The minimum Gasteiger partial charge on any atom is -0.392 e. The number of anilines is 1. The third-order valence-electron chi connectivity index (χ3n) is 3.32. The summed E-state index contributed by atoms with van der Waals surface area (Å²) in [6.45, 7) is 4.35. The van der Waals surface area contributed by atoms with Gasteiger partial charge in [-0.3, -0.25) is 0 Å². The molecule has 1 aromatic rings. The molecule has 0 spiro atoms. The van der Waals surface area contributed by atoms with Crippen LogP contribution >= 0.6 is 12.2 Å². The van der Waals surface area contributed by atoms with E-state index in [0.29, 0.717) is 26.2 Å². The molecule has 1 aromatic carbocycles. The summed E-state index contributed by atoms with van der Waals surface area (Å²) >= 11 is 4.69. The molecule has 0 radical (unpaired) electrons. The van der Waals surface area contributed by atoms with E-state index in [-0.39, 0.29) is 10.7 Å². The van der Waals surface area contributed by atoms with Gasteiger partial charge in [-0.2, -0.15) is 4.31 Å². The molecule has 0 atom stereocenters. The van der Waals surface area contributed by atoms with E-state index in [1.165, 1.54) is 9.87 Å². The van der Waals surface area contributed by atoms with Gasteiger partial charge in [-0.25, -0.2) is 8.42 Å². The zero-order chi connectivity index (χ0) is 14.8. The topological polar surface area (TPSA) is 66.6 Å². The van der Waals surface area contributed by atoms with E-state index < -0.39 is 10.0 Å². The highest BCUT2D eigenvalue weighted by Gasteiger charge is 2.27. The van der Waals surface area contributed by atoms with Crippen LogP contribution in [0.1, 0.15) is 5.56 Å². The largest absolute Gasteiger partial charge is 0.392 e. The van der Waals surface area contributed by atoms with E-state index >= 15 is 0 Å². The van der Waals surface area contributed by atoms with Crippen LogP contribution in [-0.2, 0) is 10.0 Å². The average Bonchev–Trinajstić information content (AvgIpc) is 2.37. The molecule has 110 valence electrons. The molecule has 1 saturated heterocycles. The van der Waals surface area contributed by atoms with Crippen LogP contribution in [0.15, 0.2) is 24.3 Å². The van der Waals surface area contributed by atoms with Crippen LogP contribution in [0.5, 0.6) is 0 Å². The number of nitrogens with zero attached hydrogens (tertiary/aromatic N) is 2.